The molecule has 11 atom stereocenters. The lowest BCUT2D eigenvalue weighted by atomic mass is 9.41. The Morgan fingerprint density at radius 2 is 1.69 bits per heavy atom. The quantitative estimate of drug-likeness (QED) is 0.458. The Hall–Kier alpha value is -0.240. The van der Waals surface area contributed by atoms with Crippen LogP contribution in [0.3, 0.4) is 0 Å². The van der Waals surface area contributed by atoms with E-state index >= 15 is 0 Å². The molecule has 5 fully saturated rings. The smallest absolute Gasteiger partial charge is 0.177 e. The van der Waals surface area contributed by atoms with Crippen molar-refractivity contribution in [2.45, 2.75) is 88.7 Å². The highest BCUT2D eigenvalue weighted by atomic mass is 16.7. The number of hydrogen-bond acceptors (Lipinski definition) is 6. The van der Waals surface area contributed by atoms with Gasteiger partial charge in [-0.3, -0.25) is 0 Å². The van der Waals surface area contributed by atoms with Gasteiger partial charge in [0, 0.05) is 23.7 Å². The molecule has 0 amide bonds. The van der Waals surface area contributed by atoms with Crippen molar-refractivity contribution in [2.75, 3.05) is 0 Å². The third-order valence-corrected chi connectivity index (χ3v) is 10.0. The SMILES string of the molecule is CC1CC[C@@]2(O)[C@@H]1C1O[C@@]3(O)C[C@]2(C)[C@@H]2C(O)[C@](O)(C(C)C)[C@@]3(C)[C@]12O. The summed E-state index contributed by atoms with van der Waals surface area (Å²) in [7, 11) is 0. The third kappa shape index (κ3) is 1.21. The van der Waals surface area contributed by atoms with E-state index in [9.17, 15) is 25.5 Å². The van der Waals surface area contributed by atoms with Gasteiger partial charge in [-0.15, -0.1) is 0 Å². The fourth-order valence-corrected chi connectivity index (χ4v) is 8.76. The molecule has 5 aliphatic rings. The zero-order valence-corrected chi connectivity index (χ0v) is 16.2. The predicted molar refractivity (Wildman–Crippen MR) is 91.7 cm³/mol. The number of fused-ring (bicyclic) bond motifs is 3. The molecule has 1 saturated heterocycles. The van der Waals surface area contributed by atoms with Crippen LogP contribution in [0.1, 0.15) is 53.9 Å². The Morgan fingerprint density at radius 1 is 1.08 bits per heavy atom. The fourth-order valence-electron chi connectivity index (χ4n) is 8.76. The summed E-state index contributed by atoms with van der Waals surface area (Å²) in [5.74, 6) is -3.16. The van der Waals surface area contributed by atoms with E-state index in [1.807, 2.05) is 6.92 Å². The lowest BCUT2D eigenvalue weighted by Gasteiger charge is -2.64. The minimum atomic E-state index is -1.80. The van der Waals surface area contributed by atoms with E-state index in [4.69, 9.17) is 4.74 Å². The highest BCUT2D eigenvalue weighted by molar-refractivity contribution is 5.42. The molecule has 6 heteroatoms. The van der Waals surface area contributed by atoms with Crippen molar-refractivity contribution in [2.24, 2.45) is 34.5 Å². The Morgan fingerprint density at radius 3 is 2.27 bits per heavy atom. The summed E-state index contributed by atoms with van der Waals surface area (Å²) < 4.78 is 6.19. The highest BCUT2D eigenvalue weighted by Gasteiger charge is 2.96. The number of ether oxygens (including phenoxy) is 1. The summed E-state index contributed by atoms with van der Waals surface area (Å²) in [5.41, 5.74) is -6.83. The molecule has 148 valence electrons. The summed E-state index contributed by atoms with van der Waals surface area (Å²) in [6.07, 6.45) is -0.571. The second kappa shape index (κ2) is 4.19. The van der Waals surface area contributed by atoms with Gasteiger partial charge in [0.1, 0.15) is 11.2 Å². The van der Waals surface area contributed by atoms with E-state index in [2.05, 4.69) is 6.92 Å². The molecule has 0 aromatic rings. The van der Waals surface area contributed by atoms with E-state index in [1.165, 1.54) is 0 Å². The maximum absolute atomic E-state index is 12.1. The van der Waals surface area contributed by atoms with Crippen LogP contribution in [0.2, 0.25) is 0 Å². The van der Waals surface area contributed by atoms with Gasteiger partial charge in [0.2, 0.25) is 0 Å². The van der Waals surface area contributed by atoms with Crippen LogP contribution < -0.4 is 0 Å². The highest BCUT2D eigenvalue weighted by Crippen LogP contribution is 2.83. The fraction of sp³-hybridized carbons (Fsp3) is 1.00. The number of aliphatic hydroxyl groups excluding tert-OH is 1. The zero-order chi connectivity index (χ0) is 19.3. The number of rotatable bonds is 1. The molecule has 3 unspecified atom stereocenters. The molecule has 0 aromatic heterocycles. The van der Waals surface area contributed by atoms with Crippen molar-refractivity contribution in [1.82, 2.24) is 0 Å². The Labute approximate surface area is 154 Å². The molecule has 0 radical (unpaired) electrons. The van der Waals surface area contributed by atoms with Gasteiger partial charge in [-0.05, 0) is 31.6 Å². The lowest BCUT2D eigenvalue weighted by Crippen LogP contribution is -2.77. The molecule has 0 spiro atoms. The maximum atomic E-state index is 12.1. The van der Waals surface area contributed by atoms with Crippen molar-refractivity contribution in [3.63, 3.8) is 0 Å². The van der Waals surface area contributed by atoms with Crippen molar-refractivity contribution in [3.05, 3.63) is 0 Å². The van der Waals surface area contributed by atoms with Gasteiger partial charge in [0.15, 0.2) is 5.79 Å². The van der Waals surface area contributed by atoms with Crippen molar-refractivity contribution in [1.29, 1.82) is 0 Å². The minimum absolute atomic E-state index is 0.103. The van der Waals surface area contributed by atoms with Gasteiger partial charge >= 0.3 is 0 Å². The van der Waals surface area contributed by atoms with E-state index in [1.54, 1.807) is 20.8 Å². The van der Waals surface area contributed by atoms with Crippen LogP contribution in [-0.4, -0.2) is 60.3 Å². The van der Waals surface area contributed by atoms with Crippen LogP contribution in [0.15, 0.2) is 0 Å². The van der Waals surface area contributed by atoms with Crippen molar-refractivity contribution < 1.29 is 30.3 Å². The van der Waals surface area contributed by atoms with Crippen LogP contribution in [0.4, 0.5) is 0 Å². The van der Waals surface area contributed by atoms with Crippen LogP contribution in [0.5, 0.6) is 0 Å². The molecule has 1 heterocycles. The molecule has 1 aliphatic heterocycles. The molecule has 5 N–H and O–H groups in total. The van der Waals surface area contributed by atoms with Crippen LogP contribution in [0, 0.1) is 34.5 Å². The van der Waals surface area contributed by atoms with Crippen LogP contribution in [-0.2, 0) is 4.74 Å². The molecule has 4 saturated carbocycles. The second-order valence-corrected chi connectivity index (χ2v) is 10.7. The number of hydrogen-bond donors (Lipinski definition) is 5. The summed E-state index contributed by atoms with van der Waals surface area (Å²) in [6, 6.07) is 0. The lowest BCUT2D eigenvalue weighted by molar-refractivity contribution is -0.320. The first-order chi connectivity index (χ1) is 11.8. The normalized spacial score (nSPS) is 71.0. The summed E-state index contributed by atoms with van der Waals surface area (Å²) in [6.45, 7) is 9.17. The molecular weight excluding hydrogens is 336 g/mol. The predicted octanol–water partition coefficient (Wildman–Crippen LogP) is 0.390. The van der Waals surface area contributed by atoms with Gasteiger partial charge in [-0.2, -0.15) is 0 Å². The molecular formula is C20H32O6. The topological polar surface area (TPSA) is 110 Å². The molecule has 5 rings (SSSR count). The first-order valence-corrected chi connectivity index (χ1v) is 10.0. The van der Waals surface area contributed by atoms with Crippen molar-refractivity contribution >= 4 is 0 Å². The third-order valence-electron chi connectivity index (χ3n) is 10.0. The van der Waals surface area contributed by atoms with Gasteiger partial charge in [0.25, 0.3) is 0 Å². The van der Waals surface area contributed by atoms with E-state index in [0.717, 1.165) is 6.42 Å². The van der Waals surface area contributed by atoms with Crippen molar-refractivity contribution in [3.8, 4) is 0 Å². The van der Waals surface area contributed by atoms with Crippen LogP contribution >= 0.6 is 0 Å². The maximum Gasteiger partial charge on any atom is 0.177 e. The number of aliphatic hydroxyl groups is 5. The molecule has 5 bridgehead atoms. The largest absolute Gasteiger partial charge is 0.390 e. The molecule has 0 aromatic carbocycles. The minimum Gasteiger partial charge on any atom is -0.390 e. The summed E-state index contributed by atoms with van der Waals surface area (Å²) >= 11 is 0. The summed E-state index contributed by atoms with van der Waals surface area (Å²) in [4.78, 5) is 0. The molecule has 26 heavy (non-hydrogen) atoms. The summed E-state index contributed by atoms with van der Waals surface area (Å²) in [5, 5.41) is 58.7. The zero-order valence-electron chi connectivity index (χ0n) is 16.2. The van der Waals surface area contributed by atoms with Crippen LogP contribution in [0.25, 0.3) is 0 Å². The van der Waals surface area contributed by atoms with Gasteiger partial charge in [-0.1, -0.05) is 27.7 Å². The standard InChI is InChI=1S/C20H32O6/c1-9(2)19(24)13(21)12-15(4)8-18(23)16(19,5)20(12,25)14(26-18)11-10(3)6-7-17(11,15)22/h9-14,21-25H,6-8H2,1-5H3/t10?,11-,12-,13?,14?,15+,16-,17+,18-,19+,20+/m0/s1. The van der Waals surface area contributed by atoms with Gasteiger partial charge in [0.05, 0.1) is 23.2 Å². The second-order valence-electron chi connectivity index (χ2n) is 10.7. The van der Waals surface area contributed by atoms with E-state index in [0.29, 0.717) is 6.42 Å². The Bertz CT molecular complexity index is 698. The van der Waals surface area contributed by atoms with Gasteiger partial charge < -0.3 is 30.3 Å². The monoisotopic (exact) mass is 368 g/mol. The molecule has 6 nitrogen and oxygen atoms in total. The van der Waals surface area contributed by atoms with E-state index < -0.39 is 57.5 Å². The Kier molecular flexibility index (Phi) is 2.87. The van der Waals surface area contributed by atoms with E-state index in [-0.39, 0.29) is 18.3 Å². The first-order valence-electron chi connectivity index (χ1n) is 10.0. The average molecular weight is 368 g/mol. The first kappa shape index (κ1) is 17.8. The Balaban J connectivity index is 1.87. The average Bonchev–Trinajstić information content (AvgIpc) is 2.91. The van der Waals surface area contributed by atoms with Gasteiger partial charge in [-0.25, -0.2) is 0 Å². The molecule has 4 aliphatic carbocycles.